The van der Waals surface area contributed by atoms with Crippen molar-refractivity contribution >= 4 is 23.2 Å². The van der Waals surface area contributed by atoms with Gasteiger partial charge in [-0.1, -0.05) is 19.1 Å². The van der Waals surface area contributed by atoms with Gasteiger partial charge in [0.1, 0.15) is 18.0 Å². The fraction of sp³-hybridized carbons (Fsp3) is 0.577. The molecule has 2 aromatic rings. The monoisotopic (exact) mass is 450 g/mol. The fourth-order valence-electron chi connectivity index (χ4n) is 4.90. The van der Waals surface area contributed by atoms with Crippen molar-refractivity contribution in [3.8, 4) is 0 Å². The molecule has 4 rings (SSSR count). The minimum Gasteiger partial charge on any atom is -0.370 e. The van der Waals surface area contributed by atoms with Crippen molar-refractivity contribution in [3.05, 3.63) is 42.2 Å². The summed E-state index contributed by atoms with van der Waals surface area (Å²) in [4.78, 5) is 28.5. The zero-order valence-corrected chi connectivity index (χ0v) is 20.2. The molecule has 3 heterocycles. The smallest absolute Gasteiger partial charge is 0.222 e. The molecule has 0 radical (unpaired) electrons. The van der Waals surface area contributed by atoms with Crippen molar-refractivity contribution in [1.29, 1.82) is 0 Å². The molecule has 0 aliphatic carbocycles. The van der Waals surface area contributed by atoms with E-state index in [4.69, 9.17) is 0 Å². The van der Waals surface area contributed by atoms with Crippen LogP contribution in [0.3, 0.4) is 0 Å². The van der Waals surface area contributed by atoms with E-state index >= 15 is 0 Å². The second kappa shape index (κ2) is 11.3. The van der Waals surface area contributed by atoms with E-state index in [1.54, 1.807) is 6.33 Å². The summed E-state index contributed by atoms with van der Waals surface area (Å²) < 4.78 is 0. The normalized spacial score (nSPS) is 19.0. The highest BCUT2D eigenvalue weighted by Crippen LogP contribution is 2.26. The van der Waals surface area contributed by atoms with Crippen molar-refractivity contribution in [2.45, 2.75) is 46.0 Å². The van der Waals surface area contributed by atoms with Crippen LogP contribution in [0.25, 0.3) is 0 Å². The SMILES string of the molecule is CCCNc1cc(N2CCC[C@@H](CCC(=O)N3CCN(c4cccc(C)c4)CC3)C2)ncn1. The lowest BCUT2D eigenvalue weighted by Crippen LogP contribution is -2.49. The van der Waals surface area contributed by atoms with Crippen LogP contribution in [0.4, 0.5) is 17.3 Å². The summed E-state index contributed by atoms with van der Waals surface area (Å²) >= 11 is 0. The molecule has 2 aliphatic rings. The lowest BCUT2D eigenvalue weighted by atomic mass is 9.93. The molecule has 2 aliphatic heterocycles. The number of piperidine rings is 1. The van der Waals surface area contributed by atoms with Gasteiger partial charge in [0.25, 0.3) is 0 Å². The van der Waals surface area contributed by atoms with Gasteiger partial charge in [0, 0.05) is 64.0 Å². The number of aromatic nitrogens is 2. The Morgan fingerprint density at radius 1 is 1.09 bits per heavy atom. The summed E-state index contributed by atoms with van der Waals surface area (Å²) in [5.41, 5.74) is 2.55. The molecule has 2 saturated heterocycles. The molecule has 33 heavy (non-hydrogen) atoms. The summed E-state index contributed by atoms with van der Waals surface area (Å²) in [5.74, 6) is 2.73. The third-order valence-electron chi connectivity index (χ3n) is 6.82. The number of carbonyl (C=O) groups is 1. The molecule has 1 N–H and O–H groups in total. The van der Waals surface area contributed by atoms with Gasteiger partial charge in [0.15, 0.2) is 0 Å². The molecular weight excluding hydrogens is 412 g/mol. The number of anilines is 3. The molecule has 1 aromatic heterocycles. The Morgan fingerprint density at radius 3 is 2.73 bits per heavy atom. The lowest BCUT2D eigenvalue weighted by Gasteiger charge is -2.37. The third kappa shape index (κ3) is 6.36. The first-order valence-corrected chi connectivity index (χ1v) is 12.5. The average molecular weight is 451 g/mol. The molecule has 1 atom stereocenters. The first kappa shape index (κ1) is 23.3. The van der Waals surface area contributed by atoms with Crippen molar-refractivity contribution in [2.75, 3.05) is 60.9 Å². The maximum Gasteiger partial charge on any atom is 0.222 e. The van der Waals surface area contributed by atoms with E-state index in [0.29, 0.717) is 18.2 Å². The minimum absolute atomic E-state index is 0.309. The van der Waals surface area contributed by atoms with Crippen LogP contribution in [0.1, 0.15) is 44.6 Å². The van der Waals surface area contributed by atoms with Gasteiger partial charge in [-0.25, -0.2) is 9.97 Å². The van der Waals surface area contributed by atoms with E-state index in [0.717, 1.165) is 76.7 Å². The van der Waals surface area contributed by atoms with E-state index in [2.05, 4.69) is 74.2 Å². The number of amides is 1. The van der Waals surface area contributed by atoms with Gasteiger partial charge in [-0.2, -0.15) is 0 Å². The van der Waals surface area contributed by atoms with Gasteiger partial charge in [-0.3, -0.25) is 4.79 Å². The standard InChI is InChI=1S/C26H38N6O/c1-3-11-27-24-18-25(29-20-28-24)32-12-5-7-22(19-32)9-10-26(33)31-15-13-30(14-16-31)23-8-4-6-21(2)17-23/h4,6,8,17-18,20,22H,3,5,7,9-16,19H2,1-2H3,(H,27,28,29)/t22-/m0/s1. The molecule has 0 unspecified atom stereocenters. The Kier molecular flexibility index (Phi) is 8.02. The largest absolute Gasteiger partial charge is 0.370 e. The summed E-state index contributed by atoms with van der Waals surface area (Å²) in [7, 11) is 0. The van der Waals surface area contributed by atoms with Gasteiger partial charge in [-0.05, 0) is 56.2 Å². The van der Waals surface area contributed by atoms with Crippen LogP contribution in [-0.2, 0) is 4.79 Å². The predicted molar refractivity (Wildman–Crippen MR) is 135 cm³/mol. The molecule has 2 fully saturated rings. The number of hydrogen-bond acceptors (Lipinski definition) is 6. The first-order valence-electron chi connectivity index (χ1n) is 12.5. The van der Waals surface area contributed by atoms with Gasteiger partial charge >= 0.3 is 0 Å². The van der Waals surface area contributed by atoms with Crippen molar-refractivity contribution in [1.82, 2.24) is 14.9 Å². The van der Waals surface area contributed by atoms with Gasteiger partial charge in [-0.15, -0.1) is 0 Å². The molecule has 0 spiro atoms. The van der Waals surface area contributed by atoms with Crippen molar-refractivity contribution in [3.63, 3.8) is 0 Å². The van der Waals surface area contributed by atoms with Crippen LogP contribution < -0.4 is 15.1 Å². The minimum atomic E-state index is 0.309. The summed E-state index contributed by atoms with van der Waals surface area (Å²) in [6.45, 7) is 10.6. The van der Waals surface area contributed by atoms with Crippen molar-refractivity contribution < 1.29 is 4.79 Å². The summed E-state index contributed by atoms with van der Waals surface area (Å²) in [5, 5.41) is 3.35. The highest BCUT2D eigenvalue weighted by Gasteiger charge is 2.25. The van der Waals surface area contributed by atoms with Crippen LogP contribution in [0.15, 0.2) is 36.7 Å². The number of nitrogens with one attached hydrogen (secondary N) is 1. The fourth-order valence-corrected chi connectivity index (χ4v) is 4.90. The summed E-state index contributed by atoms with van der Waals surface area (Å²) in [6.07, 6.45) is 6.67. The molecule has 7 heteroatoms. The quantitative estimate of drug-likeness (QED) is 0.657. The Balaban J connectivity index is 1.23. The number of aryl methyl sites for hydroxylation is 1. The van der Waals surface area contributed by atoms with Crippen LogP contribution in [0, 0.1) is 12.8 Å². The van der Waals surface area contributed by atoms with E-state index in [-0.39, 0.29) is 0 Å². The first-order chi connectivity index (χ1) is 16.1. The zero-order chi connectivity index (χ0) is 23.0. The van der Waals surface area contributed by atoms with Crippen LogP contribution in [-0.4, -0.2) is 66.6 Å². The molecule has 0 bridgehead atoms. The number of carbonyl (C=O) groups excluding carboxylic acids is 1. The zero-order valence-electron chi connectivity index (χ0n) is 20.2. The molecular formula is C26H38N6O. The Hall–Kier alpha value is -2.83. The van der Waals surface area contributed by atoms with E-state index < -0.39 is 0 Å². The molecule has 178 valence electrons. The van der Waals surface area contributed by atoms with E-state index in [1.165, 1.54) is 17.7 Å². The van der Waals surface area contributed by atoms with E-state index in [1.807, 2.05) is 0 Å². The summed E-state index contributed by atoms with van der Waals surface area (Å²) in [6, 6.07) is 10.7. The Bertz CT molecular complexity index is 911. The maximum absolute atomic E-state index is 12.9. The highest BCUT2D eigenvalue weighted by atomic mass is 16.2. The van der Waals surface area contributed by atoms with Gasteiger partial charge in [0.05, 0.1) is 0 Å². The Morgan fingerprint density at radius 2 is 1.94 bits per heavy atom. The van der Waals surface area contributed by atoms with E-state index in [9.17, 15) is 4.79 Å². The van der Waals surface area contributed by atoms with Crippen LogP contribution in [0.2, 0.25) is 0 Å². The van der Waals surface area contributed by atoms with Crippen LogP contribution in [0.5, 0.6) is 0 Å². The number of benzene rings is 1. The van der Waals surface area contributed by atoms with Gasteiger partial charge < -0.3 is 20.0 Å². The molecule has 1 amide bonds. The predicted octanol–water partition coefficient (Wildman–Crippen LogP) is 3.95. The second-order valence-corrected chi connectivity index (χ2v) is 9.39. The average Bonchev–Trinajstić information content (AvgIpc) is 2.86. The third-order valence-corrected chi connectivity index (χ3v) is 6.82. The Labute approximate surface area is 198 Å². The molecule has 1 aromatic carbocycles. The lowest BCUT2D eigenvalue weighted by molar-refractivity contribution is -0.131. The topological polar surface area (TPSA) is 64.6 Å². The van der Waals surface area contributed by atoms with Gasteiger partial charge in [0.2, 0.25) is 5.91 Å². The maximum atomic E-state index is 12.9. The molecule has 0 saturated carbocycles. The number of nitrogens with zero attached hydrogens (tertiary/aromatic N) is 5. The number of hydrogen-bond donors (Lipinski definition) is 1. The number of rotatable bonds is 8. The number of piperazine rings is 1. The highest BCUT2D eigenvalue weighted by molar-refractivity contribution is 5.76. The second-order valence-electron chi connectivity index (χ2n) is 9.39. The van der Waals surface area contributed by atoms with Crippen molar-refractivity contribution in [2.24, 2.45) is 5.92 Å². The van der Waals surface area contributed by atoms with Crippen LogP contribution >= 0.6 is 0 Å². The molecule has 7 nitrogen and oxygen atoms in total.